The zero-order valence-corrected chi connectivity index (χ0v) is 16.1. The summed E-state index contributed by atoms with van der Waals surface area (Å²) < 4.78 is 4.27. The molecule has 1 aliphatic carbocycles. The van der Waals surface area contributed by atoms with Gasteiger partial charge in [-0.15, -0.1) is 10.2 Å². The maximum Gasteiger partial charge on any atom is 0.191 e. The van der Waals surface area contributed by atoms with Gasteiger partial charge in [-0.25, -0.2) is 0 Å². The summed E-state index contributed by atoms with van der Waals surface area (Å²) in [5, 5.41) is 10.5. The van der Waals surface area contributed by atoms with Gasteiger partial charge in [0.1, 0.15) is 5.82 Å². The van der Waals surface area contributed by atoms with Crippen molar-refractivity contribution in [1.82, 2.24) is 19.3 Å². The molecular formula is C20H24N4OS. The van der Waals surface area contributed by atoms with Crippen molar-refractivity contribution >= 4 is 28.4 Å². The van der Waals surface area contributed by atoms with E-state index in [9.17, 15) is 4.79 Å². The minimum atomic E-state index is 0.141. The lowest BCUT2D eigenvalue weighted by Gasteiger charge is -2.24. The quantitative estimate of drug-likeness (QED) is 0.489. The summed E-state index contributed by atoms with van der Waals surface area (Å²) in [6.45, 7) is 2.01. The zero-order chi connectivity index (χ0) is 18.1. The molecule has 2 heterocycles. The molecule has 136 valence electrons. The second kappa shape index (κ2) is 7.27. The van der Waals surface area contributed by atoms with Gasteiger partial charge in [-0.1, -0.05) is 49.2 Å². The molecule has 3 aromatic rings. The summed E-state index contributed by atoms with van der Waals surface area (Å²) in [5.74, 6) is 1.48. The van der Waals surface area contributed by atoms with Gasteiger partial charge in [0.25, 0.3) is 0 Å². The lowest BCUT2D eigenvalue weighted by molar-refractivity contribution is 0.102. The van der Waals surface area contributed by atoms with E-state index in [0.717, 1.165) is 27.4 Å². The van der Waals surface area contributed by atoms with Crippen molar-refractivity contribution in [1.29, 1.82) is 0 Å². The molecule has 0 saturated heterocycles. The van der Waals surface area contributed by atoms with E-state index >= 15 is 0 Å². The summed E-state index contributed by atoms with van der Waals surface area (Å²) in [7, 11) is 1.98. The van der Waals surface area contributed by atoms with Crippen LogP contribution in [-0.2, 0) is 7.05 Å². The molecule has 0 radical (unpaired) electrons. The van der Waals surface area contributed by atoms with Crippen LogP contribution in [0.5, 0.6) is 0 Å². The number of rotatable bonds is 5. The van der Waals surface area contributed by atoms with Crippen molar-refractivity contribution in [2.75, 3.05) is 5.75 Å². The molecule has 0 bridgehead atoms. The fraction of sp³-hybridized carbons (Fsp3) is 0.450. The highest BCUT2D eigenvalue weighted by Crippen LogP contribution is 2.33. The number of thioether (sulfide) groups is 1. The molecule has 6 heteroatoms. The number of nitrogens with zero attached hydrogens (tertiary/aromatic N) is 4. The van der Waals surface area contributed by atoms with Crippen LogP contribution in [-0.4, -0.2) is 30.9 Å². The smallest absolute Gasteiger partial charge is 0.191 e. The van der Waals surface area contributed by atoms with Crippen LogP contribution < -0.4 is 0 Å². The largest absolute Gasteiger partial charge is 0.350 e. The highest BCUT2D eigenvalue weighted by molar-refractivity contribution is 7.99. The molecule has 0 aliphatic heterocycles. The second-order valence-electron chi connectivity index (χ2n) is 7.07. The number of aromatic nitrogens is 4. The van der Waals surface area contributed by atoms with Gasteiger partial charge in [0.15, 0.2) is 10.9 Å². The molecule has 2 aromatic heterocycles. The molecule has 0 amide bonds. The lowest BCUT2D eigenvalue weighted by atomic mass is 9.95. The van der Waals surface area contributed by atoms with Crippen molar-refractivity contribution in [3.05, 3.63) is 41.9 Å². The Kier molecular flexibility index (Phi) is 4.85. The second-order valence-corrected chi connectivity index (χ2v) is 8.02. The van der Waals surface area contributed by atoms with E-state index in [2.05, 4.69) is 14.8 Å². The zero-order valence-electron chi connectivity index (χ0n) is 15.3. The molecule has 5 nitrogen and oxygen atoms in total. The van der Waals surface area contributed by atoms with Gasteiger partial charge in [-0.2, -0.15) is 0 Å². The average Bonchev–Trinajstić information content (AvgIpc) is 3.21. The number of benzene rings is 1. The van der Waals surface area contributed by atoms with Gasteiger partial charge in [0.2, 0.25) is 0 Å². The molecule has 0 N–H and O–H groups in total. The van der Waals surface area contributed by atoms with E-state index in [-0.39, 0.29) is 5.78 Å². The molecule has 1 saturated carbocycles. The Morgan fingerprint density at radius 2 is 1.96 bits per heavy atom. The van der Waals surface area contributed by atoms with E-state index in [1.807, 2.05) is 49.0 Å². The van der Waals surface area contributed by atoms with E-state index in [0.29, 0.717) is 11.8 Å². The van der Waals surface area contributed by atoms with E-state index < -0.39 is 0 Å². The number of Topliss-reactive ketones (excluding diaryl/α,β-unsaturated/α-hetero) is 1. The SMILES string of the molecule is Cc1nnc(SCC(=O)c2cn(C)c3ccccc23)n1C1CCCCC1. The number of hydrogen-bond donors (Lipinski definition) is 0. The van der Waals surface area contributed by atoms with Crippen LogP contribution in [0, 0.1) is 6.92 Å². The molecule has 1 aromatic carbocycles. The first-order valence-electron chi connectivity index (χ1n) is 9.26. The monoisotopic (exact) mass is 368 g/mol. The van der Waals surface area contributed by atoms with Gasteiger partial charge in [0, 0.05) is 35.8 Å². The Labute approximate surface area is 157 Å². The maximum atomic E-state index is 12.8. The molecule has 4 rings (SSSR count). The molecule has 1 fully saturated rings. The number of carbonyl (C=O) groups is 1. The third-order valence-corrected chi connectivity index (χ3v) is 6.25. The van der Waals surface area contributed by atoms with Gasteiger partial charge in [-0.3, -0.25) is 4.79 Å². The average molecular weight is 369 g/mol. The van der Waals surface area contributed by atoms with Crippen LogP contribution in [0.25, 0.3) is 10.9 Å². The standard InChI is InChI=1S/C20H24N4OS/c1-14-21-22-20(24(14)15-8-4-3-5-9-15)26-13-19(25)17-12-23(2)18-11-7-6-10-16(17)18/h6-7,10-12,15H,3-5,8-9,13H2,1-2H3. The number of carbonyl (C=O) groups excluding carboxylic acids is 1. The van der Waals surface area contributed by atoms with Crippen LogP contribution in [0.4, 0.5) is 0 Å². The van der Waals surface area contributed by atoms with Gasteiger partial charge in [0.05, 0.1) is 5.75 Å². The van der Waals surface area contributed by atoms with Crippen LogP contribution in [0.2, 0.25) is 0 Å². The van der Waals surface area contributed by atoms with Crippen LogP contribution in [0.15, 0.2) is 35.6 Å². The topological polar surface area (TPSA) is 52.7 Å². The normalized spacial score (nSPS) is 15.6. The van der Waals surface area contributed by atoms with Crippen LogP contribution in [0.1, 0.15) is 54.3 Å². The van der Waals surface area contributed by atoms with Crippen molar-refractivity contribution in [2.45, 2.75) is 50.2 Å². The Morgan fingerprint density at radius 3 is 2.77 bits per heavy atom. The molecule has 26 heavy (non-hydrogen) atoms. The minimum absolute atomic E-state index is 0.141. The predicted molar refractivity (Wildman–Crippen MR) is 105 cm³/mol. The number of aryl methyl sites for hydroxylation is 2. The van der Waals surface area contributed by atoms with Gasteiger partial charge in [-0.05, 0) is 25.8 Å². The molecule has 0 spiro atoms. The molecular weight excluding hydrogens is 344 g/mol. The Hall–Kier alpha value is -2.08. The Bertz CT molecular complexity index is 937. The number of fused-ring (bicyclic) bond motifs is 1. The molecule has 0 unspecified atom stereocenters. The number of ketones is 1. The summed E-state index contributed by atoms with van der Waals surface area (Å²) in [6, 6.07) is 8.52. The van der Waals surface area contributed by atoms with Gasteiger partial charge < -0.3 is 9.13 Å². The van der Waals surface area contributed by atoms with E-state index in [1.165, 1.54) is 43.9 Å². The number of para-hydroxylation sites is 1. The first-order chi connectivity index (χ1) is 12.6. The van der Waals surface area contributed by atoms with E-state index in [1.54, 1.807) is 0 Å². The van der Waals surface area contributed by atoms with Crippen LogP contribution >= 0.6 is 11.8 Å². The number of hydrogen-bond acceptors (Lipinski definition) is 4. The molecule has 0 atom stereocenters. The van der Waals surface area contributed by atoms with Crippen molar-refractivity contribution < 1.29 is 4.79 Å². The maximum absolute atomic E-state index is 12.8. The lowest BCUT2D eigenvalue weighted by Crippen LogP contribution is -2.15. The van der Waals surface area contributed by atoms with Crippen LogP contribution in [0.3, 0.4) is 0 Å². The first-order valence-corrected chi connectivity index (χ1v) is 10.3. The van der Waals surface area contributed by atoms with Gasteiger partial charge >= 0.3 is 0 Å². The summed E-state index contributed by atoms with van der Waals surface area (Å²) in [5.41, 5.74) is 1.87. The third kappa shape index (κ3) is 3.18. The van der Waals surface area contributed by atoms with Crippen molar-refractivity contribution in [3.63, 3.8) is 0 Å². The predicted octanol–water partition coefficient (Wildman–Crippen LogP) is 4.56. The summed E-state index contributed by atoms with van der Waals surface area (Å²) >= 11 is 1.51. The fourth-order valence-electron chi connectivity index (χ4n) is 3.98. The first kappa shape index (κ1) is 17.3. The highest BCUT2D eigenvalue weighted by Gasteiger charge is 2.22. The fourth-order valence-corrected chi connectivity index (χ4v) is 4.91. The minimum Gasteiger partial charge on any atom is -0.350 e. The summed E-state index contributed by atoms with van der Waals surface area (Å²) in [6.07, 6.45) is 8.15. The Morgan fingerprint density at radius 1 is 1.19 bits per heavy atom. The highest BCUT2D eigenvalue weighted by atomic mass is 32.2. The Balaban J connectivity index is 1.53. The van der Waals surface area contributed by atoms with Crippen molar-refractivity contribution in [2.24, 2.45) is 7.05 Å². The third-order valence-electron chi connectivity index (χ3n) is 5.30. The van der Waals surface area contributed by atoms with E-state index in [4.69, 9.17) is 0 Å². The molecule has 1 aliphatic rings. The van der Waals surface area contributed by atoms with Crippen molar-refractivity contribution in [3.8, 4) is 0 Å². The summed E-state index contributed by atoms with van der Waals surface area (Å²) in [4.78, 5) is 12.8.